The molecule has 1 atom stereocenters. The second-order valence-electron chi connectivity index (χ2n) is 5.75. The highest BCUT2D eigenvalue weighted by molar-refractivity contribution is 5.92. The van der Waals surface area contributed by atoms with Gasteiger partial charge in [0.2, 0.25) is 0 Å². The average Bonchev–Trinajstić information content (AvgIpc) is 3.09. The summed E-state index contributed by atoms with van der Waals surface area (Å²) in [6.45, 7) is 1.55. The molecular weight excluding hydrogens is 310 g/mol. The summed E-state index contributed by atoms with van der Waals surface area (Å²) >= 11 is 0. The van der Waals surface area contributed by atoms with Gasteiger partial charge in [0.15, 0.2) is 5.76 Å². The van der Waals surface area contributed by atoms with Gasteiger partial charge in [0.25, 0.3) is 5.91 Å². The van der Waals surface area contributed by atoms with Crippen LogP contribution in [0.4, 0.5) is 0 Å². The lowest BCUT2D eigenvalue weighted by atomic mass is 10.1. The fourth-order valence-electron chi connectivity index (χ4n) is 2.82. The first kappa shape index (κ1) is 16.3. The Labute approximate surface area is 139 Å². The van der Waals surface area contributed by atoms with Crippen LogP contribution in [0.5, 0.6) is 5.75 Å². The molecule has 1 fully saturated rings. The van der Waals surface area contributed by atoms with E-state index in [1.807, 2.05) is 30.3 Å². The van der Waals surface area contributed by atoms with Gasteiger partial charge in [-0.2, -0.15) is 0 Å². The van der Waals surface area contributed by atoms with Gasteiger partial charge in [-0.1, -0.05) is 30.3 Å². The molecule has 1 amide bonds. The van der Waals surface area contributed by atoms with Gasteiger partial charge in [-0.15, -0.1) is 0 Å². The maximum absolute atomic E-state index is 12.8. The van der Waals surface area contributed by atoms with E-state index in [9.17, 15) is 14.7 Å². The van der Waals surface area contributed by atoms with Crippen LogP contribution in [0.3, 0.4) is 0 Å². The first-order chi connectivity index (χ1) is 11.6. The Balaban J connectivity index is 1.80. The predicted molar refractivity (Wildman–Crippen MR) is 87.0 cm³/mol. The van der Waals surface area contributed by atoms with Crippen LogP contribution in [0.25, 0.3) is 0 Å². The monoisotopic (exact) mass is 329 g/mol. The first-order valence-electron chi connectivity index (χ1n) is 7.90. The average molecular weight is 329 g/mol. The fraction of sp³-hybridized carbons (Fsp3) is 0.333. The molecule has 0 aliphatic carbocycles. The minimum absolute atomic E-state index is 0.0612. The predicted octanol–water partition coefficient (Wildman–Crippen LogP) is 1.82. The Kier molecular flexibility index (Phi) is 4.96. The van der Waals surface area contributed by atoms with Crippen molar-refractivity contribution in [3.05, 3.63) is 64.2 Å². The third-order valence-corrected chi connectivity index (χ3v) is 4.06. The lowest BCUT2D eigenvalue weighted by Crippen LogP contribution is -2.42. The van der Waals surface area contributed by atoms with Crippen LogP contribution in [0, 0.1) is 0 Å². The first-order valence-corrected chi connectivity index (χ1v) is 7.90. The summed E-state index contributed by atoms with van der Waals surface area (Å²) in [5.74, 6) is -0.838. The van der Waals surface area contributed by atoms with Crippen LogP contribution in [0.15, 0.2) is 51.7 Å². The number of nitrogens with zero attached hydrogens (tertiary/aromatic N) is 1. The Bertz CT molecular complexity index is 750. The van der Waals surface area contributed by atoms with Gasteiger partial charge in [0, 0.05) is 19.2 Å². The molecule has 1 N–H and O–H groups in total. The number of ether oxygens (including phenoxy) is 1. The van der Waals surface area contributed by atoms with Crippen LogP contribution in [0.1, 0.15) is 22.5 Å². The summed E-state index contributed by atoms with van der Waals surface area (Å²) in [6, 6.07) is 11.9. The van der Waals surface area contributed by atoms with Gasteiger partial charge in [0.1, 0.15) is 5.75 Å². The largest absolute Gasteiger partial charge is 0.508 e. The van der Waals surface area contributed by atoms with Crippen LogP contribution in [0.2, 0.25) is 0 Å². The molecule has 1 aliphatic heterocycles. The zero-order valence-electron chi connectivity index (χ0n) is 13.2. The van der Waals surface area contributed by atoms with Crippen molar-refractivity contribution >= 4 is 5.91 Å². The summed E-state index contributed by atoms with van der Waals surface area (Å²) in [5, 5.41) is 9.54. The fourth-order valence-corrected chi connectivity index (χ4v) is 2.82. The normalized spacial score (nSPS) is 16.9. The summed E-state index contributed by atoms with van der Waals surface area (Å²) in [6.07, 6.45) is 1.43. The number of hydrogen-bond donors (Lipinski definition) is 1. The van der Waals surface area contributed by atoms with E-state index in [2.05, 4.69) is 0 Å². The van der Waals surface area contributed by atoms with E-state index in [1.165, 1.54) is 6.07 Å². The number of carbonyl (C=O) groups excluding carboxylic acids is 1. The molecule has 0 spiro atoms. The van der Waals surface area contributed by atoms with Gasteiger partial charge < -0.3 is 19.2 Å². The SMILES string of the molecule is O=C(c1cc(O)cc(=O)o1)N(CCc1ccccc1)C1CCOC1. The molecule has 1 aromatic carbocycles. The molecule has 1 saturated heterocycles. The summed E-state index contributed by atoms with van der Waals surface area (Å²) in [5.41, 5.74) is 0.371. The highest BCUT2D eigenvalue weighted by Gasteiger charge is 2.29. The van der Waals surface area contributed by atoms with E-state index in [1.54, 1.807) is 4.90 Å². The quantitative estimate of drug-likeness (QED) is 0.905. The number of benzene rings is 1. The third kappa shape index (κ3) is 3.83. The molecule has 126 valence electrons. The molecule has 0 bridgehead atoms. The number of rotatable bonds is 5. The van der Waals surface area contributed by atoms with Crippen molar-refractivity contribution in [3.63, 3.8) is 0 Å². The van der Waals surface area contributed by atoms with Gasteiger partial charge in [-0.3, -0.25) is 4.79 Å². The molecular formula is C18H19NO5. The van der Waals surface area contributed by atoms with E-state index in [4.69, 9.17) is 9.15 Å². The highest BCUT2D eigenvalue weighted by atomic mass is 16.5. The second kappa shape index (κ2) is 7.31. The van der Waals surface area contributed by atoms with Crippen molar-refractivity contribution in [2.24, 2.45) is 0 Å². The van der Waals surface area contributed by atoms with Crippen LogP contribution < -0.4 is 5.63 Å². The van der Waals surface area contributed by atoms with Crippen LogP contribution in [-0.2, 0) is 11.2 Å². The van der Waals surface area contributed by atoms with Crippen LogP contribution in [-0.4, -0.2) is 41.7 Å². The zero-order chi connectivity index (χ0) is 16.9. The van der Waals surface area contributed by atoms with E-state index >= 15 is 0 Å². The molecule has 0 saturated carbocycles. The van der Waals surface area contributed by atoms with Crippen molar-refractivity contribution < 1.29 is 19.1 Å². The summed E-state index contributed by atoms with van der Waals surface area (Å²) < 4.78 is 10.4. The number of amides is 1. The van der Waals surface area contributed by atoms with Crippen molar-refractivity contribution in [2.45, 2.75) is 18.9 Å². The van der Waals surface area contributed by atoms with E-state index in [0.717, 1.165) is 18.1 Å². The van der Waals surface area contributed by atoms with Gasteiger partial charge in [-0.25, -0.2) is 4.79 Å². The molecule has 1 aliphatic rings. The number of carbonyl (C=O) groups is 1. The smallest absolute Gasteiger partial charge is 0.340 e. The Hall–Kier alpha value is -2.60. The van der Waals surface area contributed by atoms with Crippen molar-refractivity contribution in [2.75, 3.05) is 19.8 Å². The molecule has 1 unspecified atom stereocenters. The van der Waals surface area contributed by atoms with Crippen molar-refractivity contribution in [1.29, 1.82) is 0 Å². The van der Waals surface area contributed by atoms with Crippen molar-refractivity contribution in [1.82, 2.24) is 4.90 Å². The molecule has 6 heteroatoms. The molecule has 2 aromatic rings. The topological polar surface area (TPSA) is 80.0 Å². The summed E-state index contributed by atoms with van der Waals surface area (Å²) in [4.78, 5) is 25.9. The van der Waals surface area contributed by atoms with E-state index < -0.39 is 11.5 Å². The molecule has 0 radical (unpaired) electrons. The Morgan fingerprint density at radius 2 is 2.04 bits per heavy atom. The number of aromatic hydroxyl groups is 1. The molecule has 2 heterocycles. The van der Waals surface area contributed by atoms with Gasteiger partial charge in [0.05, 0.1) is 18.7 Å². The van der Waals surface area contributed by atoms with Crippen LogP contribution >= 0.6 is 0 Å². The van der Waals surface area contributed by atoms with E-state index in [-0.39, 0.29) is 17.6 Å². The lowest BCUT2D eigenvalue weighted by molar-refractivity contribution is 0.0618. The minimum atomic E-state index is -0.746. The van der Waals surface area contributed by atoms with E-state index in [0.29, 0.717) is 26.2 Å². The van der Waals surface area contributed by atoms with Crippen molar-refractivity contribution in [3.8, 4) is 5.75 Å². The molecule has 6 nitrogen and oxygen atoms in total. The molecule has 24 heavy (non-hydrogen) atoms. The molecule has 1 aromatic heterocycles. The maximum Gasteiger partial charge on any atom is 0.340 e. The summed E-state index contributed by atoms with van der Waals surface area (Å²) in [7, 11) is 0. The minimum Gasteiger partial charge on any atom is -0.508 e. The maximum atomic E-state index is 12.8. The standard InChI is InChI=1S/C18H19NO5/c20-15-10-16(24-17(21)11-15)18(22)19(14-7-9-23-12-14)8-6-13-4-2-1-3-5-13/h1-5,10-11,14,20H,6-9,12H2. The Morgan fingerprint density at radius 3 is 2.71 bits per heavy atom. The molecule has 3 rings (SSSR count). The highest BCUT2D eigenvalue weighted by Crippen LogP contribution is 2.18. The zero-order valence-corrected chi connectivity index (χ0v) is 13.2. The van der Waals surface area contributed by atoms with Gasteiger partial charge >= 0.3 is 5.63 Å². The van der Waals surface area contributed by atoms with Gasteiger partial charge in [-0.05, 0) is 18.4 Å². The number of hydrogen-bond acceptors (Lipinski definition) is 5. The lowest BCUT2D eigenvalue weighted by Gasteiger charge is -2.27. The second-order valence-corrected chi connectivity index (χ2v) is 5.75. The third-order valence-electron chi connectivity index (χ3n) is 4.06. The Morgan fingerprint density at radius 1 is 1.25 bits per heavy atom.